The minimum absolute atomic E-state index is 0.179. The van der Waals surface area contributed by atoms with Crippen LogP contribution in [0.15, 0.2) is 0 Å². The lowest BCUT2D eigenvalue weighted by molar-refractivity contribution is -0.120. The van der Waals surface area contributed by atoms with Crippen molar-refractivity contribution in [3.8, 4) is 0 Å². The van der Waals surface area contributed by atoms with E-state index in [1.54, 1.807) is 0 Å². The molecule has 2 N–H and O–H groups in total. The summed E-state index contributed by atoms with van der Waals surface area (Å²) in [5.74, 6) is 0.179. The summed E-state index contributed by atoms with van der Waals surface area (Å²) in [6.45, 7) is 4.77. The summed E-state index contributed by atoms with van der Waals surface area (Å²) < 4.78 is 1.85. The molecule has 0 spiro atoms. The molecule has 1 aliphatic carbocycles. The van der Waals surface area contributed by atoms with Crippen LogP contribution in [0.4, 0.5) is 0 Å². The lowest BCUT2D eigenvalue weighted by Crippen LogP contribution is -2.43. The molecule has 1 aromatic heterocycles. The zero-order chi connectivity index (χ0) is 15.5. The number of carbonyl (C=O) groups is 1. The number of Topliss-reactive ketones (excluding diaryl/α,β-unsaturated/α-hetero) is 1. The van der Waals surface area contributed by atoms with E-state index in [4.69, 9.17) is 17.3 Å². The number of rotatable bonds is 6. The predicted molar refractivity (Wildman–Crippen MR) is 85.6 cm³/mol. The first-order valence-corrected chi connectivity index (χ1v) is 8.41. The molecule has 21 heavy (non-hydrogen) atoms. The maximum absolute atomic E-state index is 12.4. The standard InChI is InChI=1S/C16H26ClN3O/c1-3-13-15(17)14(20(4-2)19-13)10-12(21)11-16(18)8-6-5-7-9-16/h3-11,18H2,1-2H3. The van der Waals surface area contributed by atoms with Gasteiger partial charge in [-0.15, -0.1) is 0 Å². The first kappa shape index (κ1) is 16.5. The van der Waals surface area contributed by atoms with E-state index in [0.29, 0.717) is 17.9 Å². The van der Waals surface area contributed by atoms with E-state index in [2.05, 4.69) is 5.10 Å². The number of ketones is 1. The summed E-state index contributed by atoms with van der Waals surface area (Å²) in [7, 11) is 0. The summed E-state index contributed by atoms with van der Waals surface area (Å²) in [5, 5.41) is 5.12. The highest BCUT2D eigenvalue weighted by atomic mass is 35.5. The number of aromatic nitrogens is 2. The molecule has 0 bridgehead atoms. The normalized spacial score (nSPS) is 17.9. The number of hydrogen-bond donors (Lipinski definition) is 1. The molecule has 1 fully saturated rings. The average Bonchev–Trinajstić information content (AvgIpc) is 2.75. The van der Waals surface area contributed by atoms with E-state index in [9.17, 15) is 4.79 Å². The van der Waals surface area contributed by atoms with Crippen LogP contribution in [-0.2, 0) is 24.2 Å². The Morgan fingerprint density at radius 2 is 2.00 bits per heavy atom. The Balaban J connectivity index is 2.07. The first-order chi connectivity index (χ1) is 9.99. The molecule has 4 nitrogen and oxygen atoms in total. The van der Waals surface area contributed by atoms with Gasteiger partial charge in [-0.3, -0.25) is 9.48 Å². The smallest absolute Gasteiger partial charge is 0.140 e. The summed E-state index contributed by atoms with van der Waals surface area (Å²) in [6.07, 6.45) is 7.02. The van der Waals surface area contributed by atoms with Crippen molar-refractivity contribution < 1.29 is 4.79 Å². The summed E-state index contributed by atoms with van der Waals surface area (Å²) >= 11 is 6.36. The second-order valence-corrected chi connectivity index (χ2v) is 6.57. The van der Waals surface area contributed by atoms with Crippen LogP contribution in [0.3, 0.4) is 0 Å². The van der Waals surface area contributed by atoms with E-state index in [1.165, 1.54) is 6.42 Å². The van der Waals surface area contributed by atoms with E-state index >= 15 is 0 Å². The molecule has 0 saturated heterocycles. The molecule has 0 atom stereocenters. The third-order valence-corrected chi connectivity index (χ3v) is 4.89. The maximum Gasteiger partial charge on any atom is 0.140 e. The third kappa shape index (κ3) is 3.86. The fourth-order valence-electron chi connectivity index (χ4n) is 3.26. The van der Waals surface area contributed by atoms with Crippen molar-refractivity contribution in [1.82, 2.24) is 9.78 Å². The SMILES string of the molecule is CCc1nn(CC)c(CC(=O)CC2(N)CCCCC2)c1Cl. The topological polar surface area (TPSA) is 60.9 Å². The van der Waals surface area contributed by atoms with Crippen molar-refractivity contribution >= 4 is 17.4 Å². The number of aryl methyl sites for hydroxylation is 2. The molecule has 2 rings (SSSR count). The van der Waals surface area contributed by atoms with Crippen LogP contribution in [0.5, 0.6) is 0 Å². The molecule has 1 aliphatic rings. The molecule has 0 radical (unpaired) electrons. The van der Waals surface area contributed by atoms with Crippen molar-refractivity contribution in [2.75, 3.05) is 0 Å². The number of hydrogen-bond acceptors (Lipinski definition) is 3. The number of nitrogens with two attached hydrogens (primary N) is 1. The average molecular weight is 312 g/mol. The largest absolute Gasteiger partial charge is 0.325 e. The molecule has 5 heteroatoms. The van der Waals surface area contributed by atoms with Gasteiger partial charge in [-0.05, 0) is 26.2 Å². The maximum atomic E-state index is 12.4. The second kappa shape index (κ2) is 6.93. The fraction of sp³-hybridized carbons (Fsp3) is 0.750. The summed E-state index contributed by atoms with van der Waals surface area (Å²) in [4.78, 5) is 12.4. The Morgan fingerprint density at radius 1 is 1.33 bits per heavy atom. The van der Waals surface area contributed by atoms with Gasteiger partial charge in [-0.2, -0.15) is 5.10 Å². The predicted octanol–water partition coefficient (Wildman–Crippen LogP) is 3.28. The zero-order valence-corrected chi connectivity index (χ0v) is 13.9. The van der Waals surface area contributed by atoms with Crippen LogP contribution in [-0.4, -0.2) is 21.1 Å². The quantitative estimate of drug-likeness (QED) is 0.877. The van der Waals surface area contributed by atoms with Crippen LogP contribution < -0.4 is 5.73 Å². The molecular weight excluding hydrogens is 286 g/mol. The summed E-state index contributed by atoms with van der Waals surface area (Å²) in [5.41, 5.74) is 7.80. The fourth-order valence-corrected chi connectivity index (χ4v) is 3.60. The number of carbonyl (C=O) groups excluding carboxylic acids is 1. The monoisotopic (exact) mass is 311 g/mol. The molecule has 1 heterocycles. The third-order valence-electron chi connectivity index (χ3n) is 4.46. The van der Waals surface area contributed by atoms with E-state index < -0.39 is 0 Å². The molecule has 0 aliphatic heterocycles. The van der Waals surface area contributed by atoms with E-state index in [0.717, 1.165) is 50.0 Å². The van der Waals surface area contributed by atoms with Gasteiger partial charge in [-0.25, -0.2) is 0 Å². The Hall–Kier alpha value is -0.870. The highest BCUT2D eigenvalue weighted by molar-refractivity contribution is 6.32. The highest BCUT2D eigenvalue weighted by Crippen LogP contribution is 2.30. The Kier molecular flexibility index (Phi) is 5.44. The van der Waals surface area contributed by atoms with Crippen molar-refractivity contribution in [2.45, 2.75) is 77.3 Å². The van der Waals surface area contributed by atoms with Crippen LogP contribution >= 0.6 is 11.6 Å². The highest BCUT2D eigenvalue weighted by Gasteiger charge is 2.30. The van der Waals surface area contributed by atoms with Crippen molar-refractivity contribution in [2.24, 2.45) is 5.73 Å². The number of nitrogens with zero attached hydrogens (tertiary/aromatic N) is 2. The van der Waals surface area contributed by atoms with Gasteiger partial charge < -0.3 is 5.73 Å². The van der Waals surface area contributed by atoms with Crippen molar-refractivity contribution in [1.29, 1.82) is 0 Å². The molecule has 0 aromatic carbocycles. The van der Waals surface area contributed by atoms with Crippen molar-refractivity contribution in [3.05, 3.63) is 16.4 Å². The van der Waals surface area contributed by atoms with Crippen LogP contribution in [0, 0.1) is 0 Å². The van der Waals surface area contributed by atoms with Gasteiger partial charge >= 0.3 is 0 Å². The first-order valence-electron chi connectivity index (χ1n) is 8.03. The van der Waals surface area contributed by atoms with Crippen LogP contribution in [0.25, 0.3) is 0 Å². The Morgan fingerprint density at radius 3 is 2.57 bits per heavy atom. The van der Waals surface area contributed by atoms with Gasteiger partial charge in [0.25, 0.3) is 0 Å². The van der Waals surface area contributed by atoms with Gasteiger partial charge in [-0.1, -0.05) is 37.8 Å². The van der Waals surface area contributed by atoms with E-state index in [1.807, 2.05) is 18.5 Å². The number of halogens is 1. The van der Waals surface area contributed by atoms with Crippen LogP contribution in [0.1, 0.15) is 63.8 Å². The minimum atomic E-state index is -0.299. The summed E-state index contributed by atoms with van der Waals surface area (Å²) in [6, 6.07) is 0. The van der Waals surface area contributed by atoms with E-state index in [-0.39, 0.29) is 11.3 Å². The Bertz CT molecular complexity index is 504. The molecule has 1 saturated carbocycles. The second-order valence-electron chi connectivity index (χ2n) is 6.19. The van der Waals surface area contributed by atoms with Gasteiger partial charge in [0.1, 0.15) is 5.78 Å². The molecule has 118 valence electrons. The molecular formula is C16H26ClN3O. The molecule has 0 amide bonds. The molecule has 1 aromatic rings. The lowest BCUT2D eigenvalue weighted by Gasteiger charge is -2.32. The lowest BCUT2D eigenvalue weighted by atomic mass is 9.78. The zero-order valence-electron chi connectivity index (χ0n) is 13.1. The van der Waals surface area contributed by atoms with Gasteiger partial charge in [0, 0.05) is 24.9 Å². The van der Waals surface area contributed by atoms with Gasteiger partial charge in [0.2, 0.25) is 0 Å². The Labute approximate surface area is 132 Å². The van der Waals surface area contributed by atoms with Gasteiger partial charge in [0.05, 0.1) is 16.4 Å². The molecule has 0 unspecified atom stereocenters. The van der Waals surface area contributed by atoms with Gasteiger partial charge in [0.15, 0.2) is 0 Å². The van der Waals surface area contributed by atoms with Crippen LogP contribution in [0.2, 0.25) is 5.02 Å². The van der Waals surface area contributed by atoms with Crippen molar-refractivity contribution in [3.63, 3.8) is 0 Å². The minimum Gasteiger partial charge on any atom is -0.325 e.